The van der Waals surface area contributed by atoms with E-state index in [1.807, 2.05) is 0 Å². The second-order valence-corrected chi connectivity index (χ2v) is 4.83. The van der Waals surface area contributed by atoms with Crippen LogP contribution in [0.5, 0.6) is 0 Å². The third-order valence-electron chi connectivity index (χ3n) is 3.38. The number of carbonyl (C=O) groups excluding carboxylic acids is 1. The molecule has 1 amide bonds. The fourth-order valence-electron chi connectivity index (χ4n) is 2.30. The number of nitrogens with zero attached hydrogens (tertiary/aromatic N) is 1. The Bertz CT molecular complexity index is 321. The Hall–Kier alpha value is -1.22. The van der Waals surface area contributed by atoms with Gasteiger partial charge in [-0.15, -0.1) is 0 Å². The van der Waals surface area contributed by atoms with Gasteiger partial charge in [-0.2, -0.15) is 5.26 Å². The van der Waals surface area contributed by atoms with Gasteiger partial charge in [0.2, 0.25) is 5.91 Å². The standard InChI is InChI=1S/C13H20F2N2O2/c14-11(15)9-19-8-7-17-12(18)13(10-16)5-3-1-2-4-6-13/h11H,1-9H2,(H,17,18). The zero-order valence-corrected chi connectivity index (χ0v) is 11.0. The molecule has 0 aromatic heterocycles. The van der Waals surface area contributed by atoms with Crippen LogP contribution in [0, 0.1) is 16.7 Å². The summed E-state index contributed by atoms with van der Waals surface area (Å²) < 4.78 is 28.3. The number of amides is 1. The number of nitrogens with one attached hydrogen (secondary N) is 1. The molecule has 0 bridgehead atoms. The Morgan fingerprint density at radius 1 is 1.32 bits per heavy atom. The first kappa shape index (κ1) is 15.8. The lowest BCUT2D eigenvalue weighted by atomic mass is 9.81. The molecule has 108 valence electrons. The van der Waals surface area contributed by atoms with Crippen LogP contribution >= 0.6 is 0 Å². The second kappa shape index (κ2) is 8.05. The van der Waals surface area contributed by atoms with Crippen LogP contribution in [0.2, 0.25) is 0 Å². The maximum absolute atomic E-state index is 12.1. The number of hydrogen-bond donors (Lipinski definition) is 1. The lowest BCUT2D eigenvalue weighted by Gasteiger charge is -2.23. The van der Waals surface area contributed by atoms with E-state index in [1.165, 1.54) is 0 Å². The van der Waals surface area contributed by atoms with Gasteiger partial charge in [-0.05, 0) is 12.8 Å². The quantitative estimate of drug-likeness (QED) is 0.597. The molecule has 0 aromatic carbocycles. The summed E-state index contributed by atoms with van der Waals surface area (Å²) in [4.78, 5) is 12.1. The van der Waals surface area contributed by atoms with E-state index >= 15 is 0 Å². The molecule has 1 N–H and O–H groups in total. The third kappa shape index (κ3) is 5.11. The summed E-state index contributed by atoms with van der Waals surface area (Å²) in [6, 6.07) is 2.14. The summed E-state index contributed by atoms with van der Waals surface area (Å²) in [5, 5.41) is 11.9. The molecule has 6 heteroatoms. The van der Waals surface area contributed by atoms with E-state index in [4.69, 9.17) is 0 Å². The number of rotatable bonds is 6. The van der Waals surface area contributed by atoms with Gasteiger partial charge in [0.15, 0.2) is 0 Å². The minimum atomic E-state index is -2.50. The molecule has 0 spiro atoms. The lowest BCUT2D eigenvalue weighted by Crippen LogP contribution is -2.41. The first-order valence-electron chi connectivity index (χ1n) is 6.66. The molecule has 0 radical (unpaired) electrons. The van der Waals surface area contributed by atoms with Gasteiger partial charge in [-0.3, -0.25) is 4.79 Å². The molecule has 0 aliphatic heterocycles. The van der Waals surface area contributed by atoms with Crippen molar-refractivity contribution >= 4 is 5.91 Å². The molecule has 0 heterocycles. The highest BCUT2D eigenvalue weighted by molar-refractivity contribution is 5.85. The Balaban J connectivity index is 2.35. The smallest absolute Gasteiger partial charge is 0.261 e. The molecule has 0 unspecified atom stereocenters. The van der Waals surface area contributed by atoms with Crippen LogP contribution in [-0.2, 0) is 9.53 Å². The van der Waals surface area contributed by atoms with Crippen molar-refractivity contribution in [2.75, 3.05) is 19.8 Å². The van der Waals surface area contributed by atoms with E-state index in [1.54, 1.807) is 0 Å². The van der Waals surface area contributed by atoms with Gasteiger partial charge in [0.1, 0.15) is 12.0 Å². The average Bonchev–Trinajstić information content (AvgIpc) is 2.64. The summed E-state index contributed by atoms with van der Waals surface area (Å²) in [5.74, 6) is -0.294. The zero-order valence-electron chi connectivity index (χ0n) is 11.0. The molecule has 1 saturated carbocycles. The van der Waals surface area contributed by atoms with Crippen molar-refractivity contribution in [3.8, 4) is 6.07 Å². The zero-order chi connectivity index (χ0) is 14.1. The topological polar surface area (TPSA) is 62.1 Å². The largest absolute Gasteiger partial charge is 0.374 e. The summed E-state index contributed by atoms with van der Waals surface area (Å²) in [7, 11) is 0. The monoisotopic (exact) mass is 274 g/mol. The Morgan fingerprint density at radius 3 is 2.47 bits per heavy atom. The number of nitriles is 1. The Labute approximate surface area is 112 Å². The number of ether oxygens (including phenoxy) is 1. The normalized spacial score (nSPS) is 18.6. The number of hydrogen-bond acceptors (Lipinski definition) is 3. The Kier molecular flexibility index (Phi) is 6.71. The fourth-order valence-corrected chi connectivity index (χ4v) is 2.30. The maximum atomic E-state index is 12.1. The minimum absolute atomic E-state index is 0.0393. The lowest BCUT2D eigenvalue weighted by molar-refractivity contribution is -0.129. The number of carbonyl (C=O) groups is 1. The van der Waals surface area contributed by atoms with Crippen LogP contribution in [-0.4, -0.2) is 32.1 Å². The molecular formula is C13H20F2N2O2. The summed E-state index contributed by atoms with van der Waals surface area (Å²) in [6.07, 6.45) is 2.51. The van der Waals surface area contributed by atoms with Gasteiger partial charge in [0.05, 0.1) is 12.7 Å². The van der Waals surface area contributed by atoms with Crippen molar-refractivity contribution in [3.63, 3.8) is 0 Å². The Morgan fingerprint density at radius 2 is 1.95 bits per heavy atom. The van der Waals surface area contributed by atoms with Crippen molar-refractivity contribution in [2.45, 2.75) is 45.0 Å². The molecular weight excluding hydrogens is 254 g/mol. The maximum Gasteiger partial charge on any atom is 0.261 e. The van der Waals surface area contributed by atoms with E-state index in [9.17, 15) is 18.8 Å². The highest BCUT2D eigenvalue weighted by Gasteiger charge is 2.38. The predicted molar refractivity (Wildman–Crippen MR) is 65.6 cm³/mol. The number of halogens is 2. The van der Waals surface area contributed by atoms with E-state index < -0.39 is 18.4 Å². The highest BCUT2D eigenvalue weighted by atomic mass is 19.3. The van der Waals surface area contributed by atoms with Crippen LogP contribution in [0.25, 0.3) is 0 Å². The van der Waals surface area contributed by atoms with Gasteiger partial charge in [-0.25, -0.2) is 8.78 Å². The van der Waals surface area contributed by atoms with Crippen molar-refractivity contribution in [1.29, 1.82) is 5.26 Å². The summed E-state index contributed by atoms with van der Waals surface area (Å²) in [5.41, 5.74) is -0.945. The van der Waals surface area contributed by atoms with E-state index in [0.29, 0.717) is 12.8 Å². The molecule has 4 nitrogen and oxygen atoms in total. The van der Waals surface area contributed by atoms with Crippen molar-refractivity contribution < 1.29 is 18.3 Å². The summed E-state index contributed by atoms with van der Waals surface area (Å²) in [6.45, 7) is -0.425. The molecule has 1 aliphatic rings. The van der Waals surface area contributed by atoms with Gasteiger partial charge in [-0.1, -0.05) is 25.7 Å². The molecule has 1 fully saturated rings. The van der Waals surface area contributed by atoms with Crippen molar-refractivity contribution in [2.24, 2.45) is 5.41 Å². The first-order valence-corrected chi connectivity index (χ1v) is 6.66. The number of alkyl halides is 2. The average molecular weight is 274 g/mol. The molecule has 1 rings (SSSR count). The van der Waals surface area contributed by atoms with Crippen LogP contribution in [0.15, 0.2) is 0 Å². The fraction of sp³-hybridized carbons (Fsp3) is 0.846. The SMILES string of the molecule is N#CC1(C(=O)NCCOCC(F)F)CCCCCC1. The second-order valence-electron chi connectivity index (χ2n) is 4.83. The van der Waals surface area contributed by atoms with E-state index in [0.717, 1.165) is 25.7 Å². The first-order chi connectivity index (χ1) is 9.10. The molecule has 19 heavy (non-hydrogen) atoms. The summed E-state index contributed by atoms with van der Waals surface area (Å²) >= 11 is 0. The third-order valence-corrected chi connectivity index (χ3v) is 3.38. The van der Waals surface area contributed by atoms with Crippen molar-refractivity contribution in [1.82, 2.24) is 5.32 Å². The molecule has 1 aliphatic carbocycles. The molecule has 0 atom stereocenters. The molecule has 0 saturated heterocycles. The van der Waals surface area contributed by atoms with Crippen LogP contribution in [0.3, 0.4) is 0 Å². The van der Waals surface area contributed by atoms with Gasteiger partial charge in [0, 0.05) is 6.54 Å². The van der Waals surface area contributed by atoms with Crippen LogP contribution in [0.4, 0.5) is 8.78 Å². The van der Waals surface area contributed by atoms with Gasteiger partial charge in [0.25, 0.3) is 6.43 Å². The van der Waals surface area contributed by atoms with E-state index in [2.05, 4.69) is 16.1 Å². The van der Waals surface area contributed by atoms with Crippen LogP contribution < -0.4 is 5.32 Å². The minimum Gasteiger partial charge on any atom is -0.374 e. The predicted octanol–water partition coefficient (Wildman–Crippen LogP) is 2.25. The van der Waals surface area contributed by atoms with Gasteiger partial charge < -0.3 is 10.1 Å². The van der Waals surface area contributed by atoms with Gasteiger partial charge >= 0.3 is 0 Å². The molecule has 0 aromatic rings. The highest BCUT2D eigenvalue weighted by Crippen LogP contribution is 2.34. The van der Waals surface area contributed by atoms with Crippen molar-refractivity contribution in [3.05, 3.63) is 0 Å². The van der Waals surface area contributed by atoms with E-state index in [-0.39, 0.29) is 19.1 Å². The van der Waals surface area contributed by atoms with Crippen LogP contribution in [0.1, 0.15) is 38.5 Å².